The van der Waals surface area contributed by atoms with Crippen LogP contribution in [-0.2, 0) is 0 Å². The van der Waals surface area contributed by atoms with Crippen LogP contribution in [0.4, 0.5) is 11.4 Å². The molecule has 5 nitrogen and oxygen atoms in total. The summed E-state index contributed by atoms with van der Waals surface area (Å²) in [7, 11) is 0. The molecule has 0 fully saturated rings. The smallest absolute Gasteiger partial charge is 0.309 e. The molecule has 1 aromatic heterocycles. The van der Waals surface area contributed by atoms with E-state index < -0.39 is 4.92 Å². The fourth-order valence-corrected chi connectivity index (χ4v) is 3.10. The maximum absolute atomic E-state index is 11.3. The third kappa shape index (κ3) is 3.20. The summed E-state index contributed by atoms with van der Waals surface area (Å²) in [5.74, 6) is 0.258. The van der Waals surface area contributed by atoms with Crippen molar-refractivity contribution in [1.82, 2.24) is 0 Å². The lowest BCUT2D eigenvalue weighted by Crippen LogP contribution is -2.16. The number of rotatable bonds is 5. The monoisotopic (exact) mass is 301 g/mol. The van der Waals surface area contributed by atoms with Crippen LogP contribution < -0.4 is 5.32 Å². The Kier molecular flexibility index (Phi) is 4.55. The van der Waals surface area contributed by atoms with Crippen molar-refractivity contribution >= 4 is 22.7 Å². The number of para-hydroxylation sites is 1. The van der Waals surface area contributed by atoms with Crippen LogP contribution in [0.15, 0.2) is 35.7 Å². The Labute approximate surface area is 127 Å². The van der Waals surface area contributed by atoms with Gasteiger partial charge in [0, 0.05) is 4.88 Å². The number of nitro benzene ring substituents is 1. The van der Waals surface area contributed by atoms with Crippen LogP contribution in [0.5, 0.6) is 0 Å². The van der Waals surface area contributed by atoms with E-state index in [-0.39, 0.29) is 23.2 Å². The van der Waals surface area contributed by atoms with Gasteiger partial charge in [-0.2, -0.15) is 5.26 Å². The Hall–Kier alpha value is -2.39. The van der Waals surface area contributed by atoms with Crippen LogP contribution in [0.25, 0.3) is 0 Å². The largest absolute Gasteiger partial charge is 0.372 e. The van der Waals surface area contributed by atoms with Gasteiger partial charge in [0.25, 0.3) is 0 Å². The minimum absolute atomic E-state index is 0.0300. The maximum Gasteiger partial charge on any atom is 0.309 e. The molecular weight excluding hydrogens is 286 g/mol. The Morgan fingerprint density at radius 1 is 1.33 bits per heavy atom. The van der Waals surface area contributed by atoms with E-state index in [9.17, 15) is 10.1 Å². The normalized spacial score (nSPS) is 11.9. The second-order valence-corrected chi connectivity index (χ2v) is 5.93. The highest BCUT2D eigenvalue weighted by Gasteiger charge is 2.24. The van der Waals surface area contributed by atoms with Crippen LogP contribution in [0, 0.1) is 27.4 Å². The summed E-state index contributed by atoms with van der Waals surface area (Å²) in [6, 6.07) is 10.6. The molecule has 0 aliphatic carbocycles. The highest BCUT2D eigenvalue weighted by Crippen LogP contribution is 2.35. The highest BCUT2D eigenvalue weighted by atomic mass is 32.1. The number of hydrogen-bond acceptors (Lipinski definition) is 5. The molecule has 6 heteroatoms. The second-order valence-electron chi connectivity index (χ2n) is 4.95. The van der Waals surface area contributed by atoms with E-state index >= 15 is 0 Å². The molecular formula is C15H15N3O2S. The second kappa shape index (κ2) is 6.37. The molecule has 0 aliphatic heterocycles. The fraction of sp³-hybridized carbons (Fsp3) is 0.267. The zero-order chi connectivity index (χ0) is 15.4. The van der Waals surface area contributed by atoms with E-state index in [0.717, 1.165) is 4.88 Å². The van der Waals surface area contributed by atoms with Crippen LogP contribution in [0.1, 0.15) is 30.3 Å². The summed E-state index contributed by atoms with van der Waals surface area (Å²) >= 11 is 1.61. The molecule has 1 N–H and O–H groups in total. The summed E-state index contributed by atoms with van der Waals surface area (Å²) < 4.78 is 0. The summed E-state index contributed by atoms with van der Waals surface area (Å²) in [5.41, 5.74) is 0.284. The highest BCUT2D eigenvalue weighted by molar-refractivity contribution is 7.10. The maximum atomic E-state index is 11.3. The van der Waals surface area contributed by atoms with Gasteiger partial charge in [-0.3, -0.25) is 10.1 Å². The van der Waals surface area contributed by atoms with E-state index in [2.05, 4.69) is 19.2 Å². The summed E-state index contributed by atoms with van der Waals surface area (Å²) in [6.45, 7) is 4.11. The Morgan fingerprint density at radius 3 is 2.62 bits per heavy atom. The van der Waals surface area contributed by atoms with E-state index in [4.69, 9.17) is 5.26 Å². The third-order valence-electron chi connectivity index (χ3n) is 3.17. The van der Waals surface area contributed by atoms with Gasteiger partial charge < -0.3 is 5.32 Å². The van der Waals surface area contributed by atoms with Gasteiger partial charge in [0.1, 0.15) is 17.3 Å². The van der Waals surface area contributed by atoms with Crippen molar-refractivity contribution in [2.45, 2.75) is 19.9 Å². The number of nitrogens with zero attached hydrogens (tertiary/aromatic N) is 2. The van der Waals surface area contributed by atoms with Crippen LogP contribution >= 0.6 is 11.3 Å². The van der Waals surface area contributed by atoms with Crippen molar-refractivity contribution in [3.63, 3.8) is 0 Å². The molecule has 0 aliphatic rings. The molecule has 0 spiro atoms. The number of hydrogen-bond donors (Lipinski definition) is 1. The first-order valence-electron chi connectivity index (χ1n) is 6.52. The van der Waals surface area contributed by atoms with Gasteiger partial charge in [0.05, 0.1) is 11.0 Å². The van der Waals surface area contributed by atoms with Crippen molar-refractivity contribution < 1.29 is 4.92 Å². The molecule has 2 aromatic rings. The lowest BCUT2D eigenvalue weighted by atomic mass is 10.0. The zero-order valence-corrected chi connectivity index (χ0v) is 12.6. The Morgan fingerprint density at radius 2 is 2.10 bits per heavy atom. The van der Waals surface area contributed by atoms with Gasteiger partial charge in [-0.05, 0) is 29.5 Å². The zero-order valence-electron chi connectivity index (χ0n) is 11.7. The SMILES string of the molecule is CC(C)C(Nc1cccc(C#N)c1[N+](=O)[O-])c1cccs1. The van der Waals surface area contributed by atoms with E-state index in [1.165, 1.54) is 6.07 Å². The Bertz CT molecular complexity index is 675. The molecule has 1 unspecified atom stereocenters. The summed E-state index contributed by atoms with van der Waals surface area (Å²) in [5, 5.41) is 25.5. The van der Waals surface area contributed by atoms with Gasteiger partial charge in [-0.25, -0.2) is 0 Å². The van der Waals surface area contributed by atoms with Gasteiger partial charge in [0.2, 0.25) is 0 Å². The number of nitriles is 1. The molecule has 108 valence electrons. The van der Waals surface area contributed by atoms with E-state index in [0.29, 0.717) is 5.69 Å². The van der Waals surface area contributed by atoms with Gasteiger partial charge in [0.15, 0.2) is 0 Å². The molecule has 0 bridgehead atoms. The van der Waals surface area contributed by atoms with Crippen molar-refractivity contribution in [2.24, 2.45) is 5.92 Å². The predicted octanol–water partition coefficient (Wildman–Crippen LogP) is 4.34. The molecule has 0 saturated heterocycles. The van der Waals surface area contributed by atoms with Crippen molar-refractivity contribution in [3.8, 4) is 6.07 Å². The predicted molar refractivity (Wildman–Crippen MR) is 83.3 cm³/mol. The van der Waals surface area contributed by atoms with Gasteiger partial charge >= 0.3 is 5.69 Å². The number of anilines is 1. The molecule has 0 amide bonds. The van der Waals surface area contributed by atoms with Crippen molar-refractivity contribution in [2.75, 3.05) is 5.32 Å². The first-order chi connectivity index (χ1) is 10.0. The van der Waals surface area contributed by atoms with E-state index in [1.807, 2.05) is 23.6 Å². The first kappa shape index (κ1) is 15.0. The lowest BCUT2D eigenvalue weighted by molar-refractivity contribution is -0.384. The summed E-state index contributed by atoms with van der Waals surface area (Å²) in [6.07, 6.45) is 0. The van der Waals surface area contributed by atoms with Crippen molar-refractivity contribution in [1.29, 1.82) is 5.26 Å². The average Bonchev–Trinajstić information content (AvgIpc) is 2.97. The third-order valence-corrected chi connectivity index (χ3v) is 4.12. The van der Waals surface area contributed by atoms with Gasteiger partial charge in [-0.1, -0.05) is 26.0 Å². The topological polar surface area (TPSA) is 79.0 Å². The number of benzene rings is 1. The molecule has 2 rings (SSSR count). The average molecular weight is 301 g/mol. The van der Waals surface area contributed by atoms with Crippen LogP contribution in [-0.4, -0.2) is 4.92 Å². The first-order valence-corrected chi connectivity index (χ1v) is 7.40. The number of nitro groups is 1. The molecule has 1 heterocycles. The van der Waals surface area contributed by atoms with E-state index in [1.54, 1.807) is 23.5 Å². The number of nitrogens with one attached hydrogen (secondary N) is 1. The molecule has 1 atom stereocenters. The molecule has 0 radical (unpaired) electrons. The lowest BCUT2D eigenvalue weighted by Gasteiger charge is -2.22. The van der Waals surface area contributed by atoms with Gasteiger partial charge in [-0.15, -0.1) is 11.3 Å². The quantitative estimate of drug-likeness (QED) is 0.658. The minimum atomic E-state index is -0.507. The minimum Gasteiger partial charge on any atom is -0.372 e. The van der Waals surface area contributed by atoms with Crippen LogP contribution in [0.2, 0.25) is 0 Å². The fourth-order valence-electron chi connectivity index (χ4n) is 2.15. The summed E-state index contributed by atoms with van der Waals surface area (Å²) in [4.78, 5) is 11.9. The molecule has 0 saturated carbocycles. The number of thiophene rings is 1. The Balaban J connectivity index is 2.43. The molecule has 21 heavy (non-hydrogen) atoms. The van der Waals surface area contributed by atoms with Crippen molar-refractivity contribution in [3.05, 3.63) is 56.3 Å². The molecule has 1 aromatic carbocycles. The standard InChI is InChI=1S/C15H15N3O2S/c1-10(2)14(13-7-4-8-21-13)17-12-6-3-5-11(9-16)15(12)18(19)20/h3-8,10,14,17H,1-2H3. The van der Waals surface area contributed by atoms with Crippen LogP contribution in [0.3, 0.4) is 0 Å².